The molecule has 0 saturated carbocycles. The van der Waals surface area contributed by atoms with E-state index in [1.54, 1.807) is 0 Å². The van der Waals surface area contributed by atoms with Crippen LogP contribution in [-0.2, 0) is 0 Å². The van der Waals surface area contributed by atoms with Gasteiger partial charge in [0.25, 0.3) is 0 Å². The number of anilines is 2. The van der Waals surface area contributed by atoms with Crippen LogP contribution in [0.1, 0.15) is 10.4 Å². The number of rotatable bonds is 4. The summed E-state index contributed by atoms with van der Waals surface area (Å²) in [7, 11) is 0. The Balaban J connectivity index is 2.12. The molecule has 110 valence electrons. The first-order valence-electron chi connectivity index (χ1n) is 5.72. The number of benzene rings is 2. The van der Waals surface area contributed by atoms with E-state index in [1.165, 1.54) is 42.5 Å². The first-order valence-corrected chi connectivity index (χ1v) is 5.72. The Kier molecular flexibility index (Phi) is 4.36. The van der Waals surface area contributed by atoms with Crippen LogP contribution < -0.4 is 15.2 Å². The molecule has 0 aliphatic rings. The van der Waals surface area contributed by atoms with Crippen molar-refractivity contribution in [3.8, 4) is 5.75 Å². The fourth-order valence-corrected chi connectivity index (χ4v) is 1.56. The highest BCUT2D eigenvalue weighted by atomic mass is 16.8. The van der Waals surface area contributed by atoms with E-state index in [0.717, 1.165) is 6.07 Å². The highest BCUT2D eigenvalue weighted by molar-refractivity contribution is 5.92. The third-order valence-electron chi connectivity index (χ3n) is 2.57. The van der Waals surface area contributed by atoms with E-state index in [1.807, 2.05) is 0 Å². The van der Waals surface area contributed by atoms with Gasteiger partial charge in [-0.1, -0.05) is 6.07 Å². The minimum absolute atomic E-state index is 0.0409. The Bertz CT molecular complexity index is 627. The zero-order chi connectivity index (χ0) is 15.4. The van der Waals surface area contributed by atoms with Crippen LogP contribution in [0.25, 0.3) is 0 Å². The third-order valence-corrected chi connectivity index (χ3v) is 2.57. The van der Waals surface area contributed by atoms with Gasteiger partial charge in [-0.25, -0.2) is 4.79 Å². The van der Waals surface area contributed by atoms with Crippen LogP contribution in [0.15, 0.2) is 48.5 Å². The largest absolute Gasteiger partial charge is 0.769 e. The summed E-state index contributed by atoms with van der Waals surface area (Å²) in [4.78, 5) is 11.9. The van der Waals surface area contributed by atoms with Crippen LogP contribution in [0, 0.1) is 10.4 Å². The molecule has 2 N–H and O–H groups in total. The lowest BCUT2D eigenvalue weighted by molar-refractivity contribution is 0.0291. The molecule has 2 rings (SSSR count). The summed E-state index contributed by atoms with van der Waals surface area (Å²) in [6.07, 6.45) is 0. The van der Waals surface area contributed by atoms with Gasteiger partial charge in [-0.15, -0.1) is 5.23 Å². The van der Waals surface area contributed by atoms with Gasteiger partial charge < -0.3 is 20.4 Å². The first-order chi connectivity index (χ1) is 9.97. The van der Waals surface area contributed by atoms with E-state index in [9.17, 15) is 15.2 Å². The molecule has 0 aliphatic carbocycles. The van der Waals surface area contributed by atoms with Gasteiger partial charge in [0.15, 0.2) is 0 Å². The van der Waals surface area contributed by atoms with Gasteiger partial charge in [0.05, 0.1) is 11.3 Å². The lowest BCUT2D eigenvalue weighted by Gasteiger charge is -2.37. The van der Waals surface area contributed by atoms with Crippen molar-refractivity contribution in [1.29, 1.82) is 0 Å². The number of hydrogen-bond donors (Lipinski definition) is 2. The third kappa shape index (κ3) is 3.68. The number of nitrogens with zero attached hydrogens (tertiary/aromatic N) is 2. The molecule has 0 spiro atoms. The molecule has 2 aromatic carbocycles. The van der Waals surface area contributed by atoms with Crippen LogP contribution >= 0.6 is 0 Å². The molecule has 2 aromatic rings. The Labute approximate surface area is 119 Å². The van der Waals surface area contributed by atoms with Gasteiger partial charge in [-0.05, 0) is 42.5 Å². The summed E-state index contributed by atoms with van der Waals surface area (Å²) in [6, 6.07) is 10.5. The Morgan fingerprint density at radius 1 is 1.00 bits per heavy atom. The van der Waals surface area contributed by atoms with Crippen molar-refractivity contribution in [3.05, 3.63) is 64.5 Å². The molecule has 0 bridgehead atoms. The van der Waals surface area contributed by atoms with Crippen LogP contribution in [0.2, 0.25) is 0 Å². The second-order valence-electron chi connectivity index (χ2n) is 3.98. The summed E-state index contributed by atoms with van der Waals surface area (Å²) in [5.41, 5.74) is -0.0830. The predicted molar refractivity (Wildman–Crippen MR) is 73.1 cm³/mol. The van der Waals surface area contributed by atoms with E-state index >= 15 is 0 Å². The number of ether oxygens (including phenoxy) is 1. The van der Waals surface area contributed by atoms with E-state index in [-0.39, 0.29) is 27.9 Å². The summed E-state index contributed by atoms with van der Waals surface area (Å²) < 4.78 is 5.03. The van der Waals surface area contributed by atoms with Gasteiger partial charge in [0.2, 0.25) is 0 Å². The zero-order valence-corrected chi connectivity index (χ0v) is 10.5. The van der Waals surface area contributed by atoms with Gasteiger partial charge in [0, 0.05) is 5.69 Å². The summed E-state index contributed by atoms with van der Waals surface area (Å²) in [5.74, 6) is -0.589. The van der Waals surface area contributed by atoms with E-state index in [2.05, 4.69) is 0 Å². The maximum atomic E-state index is 11.9. The van der Waals surface area contributed by atoms with E-state index in [0.29, 0.717) is 0 Å². The molecule has 0 unspecified atom stereocenters. The first kappa shape index (κ1) is 14.8. The van der Waals surface area contributed by atoms with Crippen LogP contribution in [0.5, 0.6) is 5.75 Å². The van der Waals surface area contributed by atoms with Crippen molar-refractivity contribution in [2.24, 2.45) is 0 Å². The molecule has 0 heterocycles. The number of esters is 1. The Hall–Kier alpha value is -2.65. The second-order valence-corrected chi connectivity index (χ2v) is 3.98. The average Bonchev–Trinajstić information content (AvgIpc) is 2.48. The Morgan fingerprint density at radius 3 is 2.24 bits per heavy atom. The summed E-state index contributed by atoms with van der Waals surface area (Å²) in [6.45, 7) is 0. The monoisotopic (exact) mass is 290 g/mol. The molecule has 8 heteroatoms. The van der Waals surface area contributed by atoms with Crippen molar-refractivity contribution < 1.29 is 19.9 Å². The molecule has 0 fully saturated rings. The van der Waals surface area contributed by atoms with Crippen LogP contribution in [-0.4, -0.2) is 16.4 Å². The SMILES string of the molecule is O=C(Oc1ccc(N(O)O)cc1)c1cccc(N([O-])[O-])c1. The molecule has 0 saturated heterocycles. The molecule has 0 amide bonds. The maximum absolute atomic E-state index is 11.9. The highest BCUT2D eigenvalue weighted by Crippen LogP contribution is 2.20. The molecule has 0 atom stereocenters. The molecule has 0 radical (unpaired) electrons. The maximum Gasteiger partial charge on any atom is 0.343 e. The van der Waals surface area contributed by atoms with Crippen LogP contribution in [0.4, 0.5) is 11.4 Å². The van der Waals surface area contributed by atoms with Gasteiger partial charge >= 0.3 is 5.97 Å². The molecular formula is C13H10N2O6-2. The normalized spacial score (nSPS) is 10.1. The second kappa shape index (κ2) is 6.20. The van der Waals surface area contributed by atoms with Gasteiger partial charge in [0.1, 0.15) is 5.75 Å². The highest BCUT2D eigenvalue weighted by Gasteiger charge is 2.09. The van der Waals surface area contributed by atoms with Crippen molar-refractivity contribution in [3.63, 3.8) is 0 Å². The zero-order valence-electron chi connectivity index (χ0n) is 10.5. The topological polar surface area (TPSA) is 119 Å². The minimum atomic E-state index is -0.753. The Morgan fingerprint density at radius 2 is 1.67 bits per heavy atom. The smallest absolute Gasteiger partial charge is 0.343 e. The van der Waals surface area contributed by atoms with E-state index < -0.39 is 11.2 Å². The summed E-state index contributed by atoms with van der Waals surface area (Å²) >= 11 is 0. The molecule has 21 heavy (non-hydrogen) atoms. The molecular weight excluding hydrogens is 280 g/mol. The lowest BCUT2D eigenvalue weighted by Crippen LogP contribution is -2.12. The quantitative estimate of drug-likeness (QED) is 0.500. The standard InChI is InChI=1S/C13H10N2O6/c16-13(9-2-1-3-11(8-9)15(19)20)21-12-6-4-10(5-7-12)14(17)18/h1-8,17-18H/q-2. The number of carbonyl (C=O) groups excluding carboxylic acids is 1. The summed E-state index contributed by atoms with van der Waals surface area (Å²) in [5, 5.41) is 38.1. The predicted octanol–water partition coefficient (Wildman–Crippen LogP) is 2.29. The number of hydrogen-bond acceptors (Lipinski definition) is 8. The van der Waals surface area contributed by atoms with Crippen molar-refractivity contribution in [2.45, 2.75) is 0 Å². The van der Waals surface area contributed by atoms with Gasteiger partial charge in [-0.3, -0.25) is 10.4 Å². The van der Waals surface area contributed by atoms with Crippen molar-refractivity contribution in [1.82, 2.24) is 0 Å². The molecule has 0 aromatic heterocycles. The fraction of sp³-hybridized carbons (Fsp3) is 0. The lowest BCUT2D eigenvalue weighted by atomic mass is 10.2. The van der Waals surface area contributed by atoms with E-state index in [4.69, 9.17) is 15.2 Å². The van der Waals surface area contributed by atoms with Crippen molar-refractivity contribution >= 4 is 17.3 Å². The minimum Gasteiger partial charge on any atom is -0.769 e. The molecule has 8 nitrogen and oxygen atoms in total. The average molecular weight is 290 g/mol. The van der Waals surface area contributed by atoms with Crippen LogP contribution in [0.3, 0.4) is 0 Å². The van der Waals surface area contributed by atoms with Gasteiger partial charge in [-0.2, -0.15) is 0 Å². The molecule has 0 aliphatic heterocycles. The van der Waals surface area contributed by atoms with Crippen molar-refractivity contribution in [2.75, 3.05) is 10.5 Å². The fourth-order valence-electron chi connectivity index (χ4n) is 1.56. The number of carbonyl (C=O) groups is 1.